The molecule has 0 N–H and O–H groups in total. The number of hydrogen-bond acceptors (Lipinski definition) is 4. The second-order valence-electron chi connectivity index (χ2n) is 7.17. The normalized spacial score (nSPS) is 10.8. The number of carbonyl (C=O) groups excluding carboxylic acids is 2. The Kier molecular flexibility index (Phi) is 8.08. The van der Waals surface area contributed by atoms with E-state index in [0.717, 1.165) is 10.2 Å². The van der Waals surface area contributed by atoms with Gasteiger partial charge in [0.15, 0.2) is 0 Å². The molecule has 0 bridgehead atoms. The molecule has 164 valence electrons. The monoisotopic (exact) mass is 487 g/mol. The Morgan fingerprint density at radius 3 is 2.45 bits per heavy atom. The predicted molar refractivity (Wildman–Crippen MR) is 120 cm³/mol. The van der Waals surface area contributed by atoms with Crippen molar-refractivity contribution in [1.82, 2.24) is 14.4 Å². The van der Waals surface area contributed by atoms with E-state index >= 15 is 0 Å². The van der Waals surface area contributed by atoms with E-state index < -0.39 is 0 Å². The third kappa shape index (κ3) is 6.32. The van der Waals surface area contributed by atoms with Crippen LogP contribution in [0.2, 0.25) is 0 Å². The first kappa shape index (κ1) is 22.8. The number of furan rings is 1. The number of ether oxygens (including phenoxy) is 1. The van der Waals surface area contributed by atoms with Crippen LogP contribution in [0, 0.1) is 0 Å². The van der Waals surface area contributed by atoms with Crippen LogP contribution in [0.3, 0.4) is 0 Å². The zero-order valence-corrected chi connectivity index (χ0v) is 19.2. The quantitative estimate of drug-likeness (QED) is 0.437. The van der Waals surface area contributed by atoms with Crippen molar-refractivity contribution in [3.05, 3.63) is 82.5 Å². The van der Waals surface area contributed by atoms with Gasteiger partial charge in [-0.25, -0.2) is 0 Å². The highest BCUT2D eigenvalue weighted by atomic mass is 79.9. The Labute approximate surface area is 190 Å². The van der Waals surface area contributed by atoms with Crippen LogP contribution in [-0.2, 0) is 29.7 Å². The molecule has 2 amide bonds. The summed E-state index contributed by atoms with van der Waals surface area (Å²) in [7, 11) is 3.51. The second kappa shape index (κ2) is 11.0. The molecule has 3 aromatic rings. The molecular formula is C23H26BrN3O4. The van der Waals surface area contributed by atoms with E-state index in [1.165, 1.54) is 4.90 Å². The van der Waals surface area contributed by atoms with Gasteiger partial charge >= 0.3 is 0 Å². The Hall–Kier alpha value is -2.84. The van der Waals surface area contributed by atoms with Gasteiger partial charge < -0.3 is 23.5 Å². The molecule has 2 heterocycles. The maximum absolute atomic E-state index is 13.3. The van der Waals surface area contributed by atoms with Crippen LogP contribution >= 0.6 is 15.9 Å². The fraction of sp³-hybridized carbons (Fsp3) is 0.304. The first-order chi connectivity index (χ1) is 15.0. The average molecular weight is 488 g/mol. The first-order valence-electron chi connectivity index (χ1n) is 9.92. The van der Waals surface area contributed by atoms with Crippen LogP contribution in [0.5, 0.6) is 0 Å². The van der Waals surface area contributed by atoms with Gasteiger partial charge in [0.25, 0.3) is 5.91 Å². The SMILES string of the molecule is COCCN(CC(=O)N(Cc1ccco1)Cc1cccn1C)C(=O)c1ccc(Br)cc1. The number of amides is 2. The number of benzene rings is 1. The molecule has 0 atom stereocenters. The molecule has 0 aliphatic carbocycles. The summed E-state index contributed by atoms with van der Waals surface area (Å²) in [5.41, 5.74) is 1.51. The van der Waals surface area contributed by atoms with Crippen molar-refractivity contribution in [1.29, 1.82) is 0 Å². The average Bonchev–Trinajstić information content (AvgIpc) is 3.42. The zero-order valence-electron chi connectivity index (χ0n) is 17.7. The number of aromatic nitrogens is 1. The van der Waals surface area contributed by atoms with Gasteiger partial charge in [0, 0.05) is 42.6 Å². The summed E-state index contributed by atoms with van der Waals surface area (Å²) in [6, 6.07) is 14.6. The highest BCUT2D eigenvalue weighted by Gasteiger charge is 2.23. The largest absolute Gasteiger partial charge is 0.467 e. The molecule has 7 nitrogen and oxygen atoms in total. The molecule has 0 fully saturated rings. The molecule has 31 heavy (non-hydrogen) atoms. The fourth-order valence-corrected chi connectivity index (χ4v) is 3.44. The van der Waals surface area contributed by atoms with Crippen LogP contribution in [0.4, 0.5) is 0 Å². The lowest BCUT2D eigenvalue weighted by molar-refractivity contribution is -0.133. The molecule has 0 aliphatic heterocycles. The van der Waals surface area contributed by atoms with Crippen molar-refractivity contribution < 1.29 is 18.7 Å². The number of aryl methyl sites for hydroxylation is 1. The summed E-state index contributed by atoms with van der Waals surface area (Å²) < 4.78 is 13.5. The number of nitrogens with zero attached hydrogens (tertiary/aromatic N) is 3. The van der Waals surface area contributed by atoms with Crippen molar-refractivity contribution in [3.63, 3.8) is 0 Å². The van der Waals surface area contributed by atoms with E-state index in [2.05, 4.69) is 15.9 Å². The van der Waals surface area contributed by atoms with E-state index in [9.17, 15) is 9.59 Å². The molecule has 3 rings (SSSR count). The minimum Gasteiger partial charge on any atom is -0.467 e. The van der Waals surface area contributed by atoms with Crippen molar-refractivity contribution in [3.8, 4) is 0 Å². The molecule has 0 saturated heterocycles. The lowest BCUT2D eigenvalue weighted by Gasteiger charge is -2.27. The minimum atomic E-state index is -0.213. The molecule has 0 spiro atoms. The molecule has 0 aliphatic rings. The van der Waals surface area contributed by atoms with E-state index in [-0.39, 0.29) is 18.4 Å². The summed E-state index contributed by atoms with van der Waals surface area (Å²) >= 11 is 3.38. The van der Waals surface area contributed by atoms with Gasteiger partial charge in [-0.05, 0) is 48.5 Å². The summed E-state index contributed by atoms with van der Waals surface area (Å²) in [5, 5.41) is 0. The van der Waals surface area contributed by atoms with E-state index in [1.807, 2.05) is 48.1 Å². The maximum Gasteiger partial charge on any atom is 0.254 e. The molecule has 2 aromatic heterocycles. The zero-order chi connectivity index (χ0) is 22.2. The lowest BCUT2D eigenvalue weighted by Crippen LogP contribution is -2.43. The third-order valence-corrected chi connectivity index (χ3v) is 5.48. The van der Waals surface area contributed by atoms with Crippen molar-refractivity contribution in [2.75, 3.05) is 26.8 Å². The third-order valence-electron chi connectivity index (χ3n) is 4.95. The van der Waals surface area contributed by atoms with Gasteiger partial charge in [-0.1, -0.05) is 15.9 Å². The Morgan fingerprint density at radius 1 is 1.06 bits per heavy atom. The van der Waals surface area contributed by atoms with Crippen LogP contribution in [0.25, 0.3) is 0 Å². The van der Waals surface area contributed by atoms with E-state index in [1.54, 1.807) is 36.5 Å². The number of halogens is 1. The van der Waals surface area contributed by atoms with Crippen molar-refractivity contribution in [2.24, 2.45) is 7.05 Å². The van der Waals surface area contributed by atoms with Crippen LogP contribution < -0.4 is 0 Å². The second-order valence-corrected chi connectivity index (χ2v) is 8.08. The summed E-state index contributed by atoms with van der Waals surface area (Å²) in [4.78, 5) is 29.6. The van der Waals surface area contributed by atoms with Crippen molar-refractivity contribution >= 4 is 27.7 Å². The van der Waals surface area contributed by atoms with Crippen LogP contribution in [0.15, 0.2) is 69.9 Å². The fourth-order valence-electron chi connectivity index (χ4n) is 3.17. The standard InChI is InChI=1S/C23H26BrN3O4/c1-25-11-3-5-20(25)15-27(16-21-6-4-13-31-21)22(28)17-26(12-14-30-2)23(29)18-7-9-19(24)10-8-18/h3-11,13H,12,14-17H2,1-2H3. The van der Waals surface area contributed by atoms with E-state index in [4.69, 9.17) is 9.15 Å². The van der Waals surface area contributed by atoms with E-state index in [0.29, 0.717) is 37.6 Å². The van der Waals surface area contributed by atoms with Gasteiger partial charge in [0.2, 0.25) is 5.91 Å². The topological polar surface area (TPSA) is 67.9 Å². The van der Waals surface area contributed by atoms with Gasteiger partial charge in [-0.2, -0.15) is 0 Å². The van der Waals surface area contributed by atoms with Gasteiger partial charge in [-0.15, -0.1) is 0 Å². The Balaban J connectivity index is 1.78. The Bertz CT molecular complexity index is 983. The van der Waals surface area contributed by atoms with Crippen molar-refractivity contribution in [2.45, 2.75) is 13.1 Å². The number of rotatable bonds is 10. The first-order valence-corrected chi connectivity index (χ1v) is 10.7. The van der Waals surface area contributed by atoms with Crippen LogP contribution in [0.1, 0.15) is 21.8 Å². The minimum absolute atomic E-state index is 0.0522. The summed E-state index contributed by atoms with van der Waals surface area (Å²) in [5.74, 6) is 0.305. The maximum atomic E-state index is 13.3. The molecule has 0 unspecified atom stereocenters. The highest BCUT2D eigenvalue weighted by molar-refractivity contribution is 9.10. The Morgan fingerprint density at radius 2 is 1.84 bits per heavy atom. The molecule has 0 radical (unpaired) electrons. The summed E-state index contributed by atoms with van der Waals surface area (Å²) in [6.45, 7) is 1.33. The van der Waals surface area contributed by atoms with Gasteiger partial charge in [0.1, 0.15) is 12.3 Å². The molecular weight excluding hydrogens is 462 g/mol. The molecule has 1 aromatic carbocycles. The predicted octanol–water partition coefficient (Wildman–Crippen LogP) is 3.70. The lowest BCUT2D eigenvalue weighted by atomic mass is 10.2. The van der Waals surface area contributed by atoms with Gasteiger partial charge in [-0.3, -0.25) is 9.59 Å². The number of methoxy groups -OCH3 is 1. The summed E-state index contributed by atoms with van der Waals surface area (Å²) in [6.07, 6.45) is 3.52. The molecule has 0 saturated carbocycles. The number of carbonyl (C=O) groups is 2. The highest BCUT2D eigenvalue weighted by Crippen LogP contribution is 2.15. The number of hydrogen-bond donors (Lipinski definition) is 0. The van der Waals surface area contributed by atoms with Gasteiger partial charge in [0.05, 0.1) is 26.0 Å². The smallest absolute Gasteiger partial charge is 0.254 e. The van der Waals surface area contributed by atoms with Crippen LogP contribution in [-0.4, -0.2) is 53.0 Å². The molecule has 8 heteroatoms.